The second-order valence-electron chi connectivity index (χ2n) is 6.99. The Morgan fingerprint density at radius 3 is 2.44 bits per heavy atom. The zero-order chi connectivity index (χ0) is 19.3. The number of hydrogen-bond acceptors (Lipinski definition) is 4. The van der Waals surface area contributed by atoms with Crippen LogP contribution in [0.4, 0.5) is 11.4 Å². The molecule has 0 aliphatic carbocycles. The molecule has 1 atom stereocenters. The normalized spacial score (nSPS) is 17.7. The zero-order valence-corrected chi connectivity index (χ0v) is 16.8. The first-order valence-electron chi connectivity index (χ1n) is 9.51. The summed E-state index contributed by atoms with van der Waals surface area (Å²) >= 11 is 0. The average molecular weight is 389 g/mol. The van der Waals surface area contributed by atoms with E-state index in [-0.39, 0.29) is 11.0 Å². The quantitative estimate of drug-likeness (QED) is 0.777. The Kier molecular flexibility index (Phi) is 6.39. The van der Waals surface area contributed by atoms with E-state index in [4.69, 9.17) is 4.74 Å². The summed E-state index contributed by atoms with van der Waals surface area (Å²) in [5, 5.41) is 0. The minimum Gasteiger partial charge on any atom is -0.380 e. The highest BCUT2D eigenvalue weighted by Crippen LogP contribution is 2.24. The Balaban J connectivity index is 1.68. The molecule has 0 spiro atoms. The smallest absolute Gasteiger partial charge is 0.261 e. The monoisotopic (exact) mass is 388 g/mol. The molecule has 0 saturated carbocycles. The molecule has 0 aromatic heterocycles. The summed E-state index contributed by atoms with van der Waals surface area (Å²) in [6, 6.07) is 14.6. The molecule has 2 aromatic carbocycles. The number of aryl methyl sites for hydroxylation is 1. The van der Waals surface area contributed by atoms with Gasteiger partial charge in [0.2, 0.25) is 0 Å². The van der Waals surface area contributed by atoms with Crippen LogP contribution in [-0.2, 0) is 21.2 Å². The fourth-order valence-electron chi connectivity index (χ4n) is 3.44. The highest BCUT2D eigenvalue weighted by molar-refractivity contribution is 7.92. The van der Waals surface area contributed by atoms with Gasteiger partial charge in [-0.1, -0.05) is 25.5 Å². The molecule has 1 fully saturated rings. The number of nitrogens with one attached hydrogen (secondary N) is 1. The van der Waals surface area contributed by atoms with E-state index in [0.717, 1.165) is 50.0 Å². The third kappa shape index (κ3) is 5.02. The van der Waals surface area contributed by atoms with E-state index in [2.05, 4.69) is 16.5 Å². The van der Waals surface area contributed by atoms with Crippen LogP contribution in [0.1, 0.15) is 31.7 Å². The van der Waals surface area contributed by atoms with Crippen LogP contribution < -0.4 is 9.62 Å². The number of ether oxygens (including phenoxy) is 1. The molecule has 0 radical (unpaired) electrons. The lowest BCUT2D eigenvalue weighted by atomic mass is 10.1. The maximum absolute atomic E-state index is 12.6. The molecule has 1 aliphatic heterocycles. The van der Waals surface area contributed by atoms with E-state index in [1.54, 1.807) is 19.2 Å². The van der Waals surface area contributed by atoms with Crippen molar-refractivity contribution in [3.63, 3.8) is 0 Å². The molecule has 27 heavy (non-hydrogen) atoms. The summed E-state index contributed by atoms with van der Waals surface area (Å²) in [6.45, 7) is 3.97. The number of sulfonamides is 1. The Bertz CT molecular complexity index is 833. The molecule has 1 aliphatic rings. The molecule has 1 saturated heterocycles. The Morgan fingerprint density at radius 1 is 1.11 bits per heavy atom. The zero-order valence-electron chi connectivity index (χ0n) is 16.0. The summed E-state index contributed by atoms with van der Waals surface area (Å²) in [5.74, 6) is 0. The van der Waals surface area contributed by atoms with Crippen molar-refractivity contribution in [3.05, 3.63) is 54.1 Å². The largest absolute Gasteiger partial charge is 0.380 e. The Labute approximate surface area is 162 Å². The first kappa shape index (κ1) is 19.7. The topological polar surface area (TPSA) is 58.6 Å². The minimum absolute atomic E-state index is 0.257. The molecule has 3 rings (SSSR count). The van der Waals surface area contributed by atoms with Gasteiger partial charge in [0.05, 0.1) is 11.0 Å². The third-order valence-electron chi connectivity index (χ3n) is 4.97. The maximum Gasteiger partial charge on any atom is 0.261 e. The molecule has 146 valence electrons. The van der Waals surface area contributed by atoms with Crippen molar-refractivity contribution in [3.8, 4) is 0 Å². The summed E-state index contributed by atoms with van der Waals surface area (Å²) in [4.78, 5) is 2.56. The standard InChI is InChI=1S/C21H28N2O3S/c1-3-5-17-7-13-21(14-8-17)27(24,25)22-18-9-11-19(12-10-18)23-15-4-6-20(16-23)26-2/h7-14,20,22H,3-6,15-16H2,1-2H3. The predicted octanol–water partition coefficient (Wildman–Crippen LogP) is 4.06. The molecule has 1 heterocycles. The number of benzene rings is 2. The molecule has 1 unspecified atom stereocenters. The molecule has 0 amide bonds. The average Bonchev–Trinajstić information content (AvgIpc) is 2.69. The second kappa shape index (κ2) is 8.76. The van der Waals surface area contributed by atoms with Gasteiger partial charge >= 0.3 is 0 Å². The van der Waals surface area contributed by atoms with Crippen molar-refractivity contribution in [1.82, 2.24) is 0 Å². The predicted molar refractivity (Wildman–Crippen MR) is 110 cm³/mol. The summed E-state index contributed by atoms with van der Waals surface area (Å²) in [6.07, 6.45) is 4.43. The summed E-state index contributed by atoms with van der Waals surface area (Å²) in [7, 11) is -1.83. The van der Waals surface area contributed by atoms with Crippen LogP contribution in [0.2, 0.25) is 0 Å². The van der Waals surface area contributed by atoms with Crippen LogP contribution in [0.15, 0.2) is 53.4 Å². The van der Waals surface area contributed by atoms with Gasteiger partial charge in [-0.2, -0.15) is 0 Å². The van der Waals surface area contributed by atoms with Gasteiger partial charge in [-0.25, -0.2) is 8.42 Å². The van der Waals surface area contributed by atoms with Gasteiger partial charge in [0.15, 0.2) is 0 Å². The number of hydrogen-bond donors (Lipinski definition) is 1. The van der Waals surface area contributed by atoms with Gasteiger partial charge in [0.25, 0.3) is 10.0 Å². The molecular weight excluding hydrogens is 360 g/mol. The first-order valence-corrected chi connectivity index (χ1v) is 11.0. The van der Waals surface area contributed by atoms with Gasteiger partial charge in [-0.05, 0) is 61.2 Å². The number of nitrogens with zero attached hydrogens (tertiary/aromatic N) is 1. The molecular formula is C21H28N2O3S. The Morgan fingerprint density at radius 2 is 1.81 bits per heavy atom. The molecule has 1 N–H and O–H groups in total. The van der Waals surface area contributed by atoms with E-state index in [0.29, 0.717) is 5.69 Å². The van der Waals surface area contributed by atoms with E-state index >= 15 is 0 Å². The fraction of sp³-hybridized carbons (Fsp3) is 0.429. The van der Waals surface area contributed by atoms with Crippen LogP contribution in [0.5, 0.6) is 0 Å². The number of anilines is 2. The van der Waals surface area contributed by atoms with Crippen LogP contribution in [0.3, 0.4) is 0 Å². The van der Waals surface area contributed by atoms with Gasteiger partial charge < -0.3 is 9.64 Å². The van der Waals surface area contributed by atoms with Gasteiger partial charge in [0.1, 0.15) is 0 Å². The highest BCUT2D eigenvalue weighted by atomic mass is 32.2. The van der Waals surface area contributed by atoms with Crippen molar-refractivity contribution in [1.29, 1.82) is 0 Å². The van der Waals surface area contributed by atoms with Crippen molar-refractivity contribution in [2.45, 2.75) is 43.6 Å². The van der Waals surface area contributed by atoms with Crippen molar-refractivity contribution in [2.75, 3.05) is 29.8 Å². The van der Waals surface area contributed by atoms with Gasteiger partial charge in [-0.15, -0.1) is 0 Å². The molecule has 5 nitrogen and oxygen atoms in total. The first-order chi connectivity index (χ1) is 13.0. The fourth-order valence-corrected chi connectivity index (χ4v) is 4.50. The maximum atomic E-state index is 12.6. The lowest BCUT2D eigenvalue weighted by Gasteiger charge is -2.33. The van der Waals surface area contributed by atoms with Gasteiger partial charge in [0, 0.05) is 31.6 Å². The van der Waals surface area contributed by atoms with E-state index in [1.807, 2.05) is 36.4 Å². The van der Waals surface area contributed by atoms with Crippen molar-refractivity contribution < 1.29 is 13.2 Å². The van der Waals surface area contributed by atoms with Crippen molar-refractivity contribution in [2.24, 2.45) is 0 Å². The second-order valence-corrected chi connectivity index (χ2v) is 8.67. The van der Waals surface area contributed by atoms with Crippen LogP contribution in [0, 0.1) is 0 Å². The Hall–Kier alpha value is -2.05. The number of piperidine rings is 1. The van der Waals surface area contributed by atoms with E-state index in [9.17, 15) is 8.42 Å². The number of rotatable bonds is 7. The van der Waals surface area contributed by atoms with Crippen LogP contribution in [-0.4, -0.2) is 34.7 Å². The molecule has 6 heteroatoms. The lowest BCUT2D eigenvalue weighted by molar-refractivity contribution is 0.0893. The van der Waals surface area contributed by atoms with Crippen LogP contribution >= 0.6 is 0 Å². The van der Waals surface area contributed by atoms with E-state index < -0.39 is 10.0 Å². The number of methoxy groups -OCH3 is 1. The lowest BCUT2D eigenvalue weighted by Crippen LogP contribution is -2.39. The SMILES string of the molecule is CCCc1ccc(S(=O)(=O)Nc2ccc(N3CCCC(OC)C3)cc2)cc1. The van der Waals surface area contributed by atoms with E-state index in [1.165, 1.54) is 0 Å². The van der Waals surface area contributed by atoms with Crippen LogP contribution in [0.25, 0.3) is 0 Å². The minimum atomic E-state index is -3.58. The summed E-state index contributed by atoms with van der Waals surface area (Å²) in [5.41, 5.74) is 2.80. The highest BCUT2D eigenvalue weighted by Gasteiger charge is 2.20. The third-order valence-corrected chi connectivity index (χ3v) is 6.37. The molecule has 2 aromatic rings. The molecule has 0 bridgehead atoms. The van der Waals surface area contributed by atoms with Crippen molar-refractivity contribution >= 4 is 21.4 Å². The summed E-state index contributed by atoms with van der Waals surface area (Å²) < 4.78 is 33.3. The van der Waals surface area contributed by atoms with Gasteiger partial charge in [-0.3, -0.25) is 4.72 Å².